The van der Waals surface area contributed by atoms with Crippen LogP contribution >= 0.6 is 27.3 Å². The highest BCUT2D eigenvalue weighted by Crippen LogP contribution is 2.25. The molecular weight excluding hydrogens is 322 g/mol. The van der Waals surface area contributed by atoms with Crippen molar-refractivity contribution in [1.29, 1.82) is 0 Å². The van der Waals surface area contributed by atoms with E-state index in [9.17, 15) is 5.11 Å². The molecule has 0 saturated heterocycles. The van der Waals surface area contributed by atoms with E-state index in [0.717, 1.165) is 25.8 Å². The molecule has 1 atom stereocenters. The molecule has 4 heteroatoms. The van der Waals surface area contributed by atoms with Crippen LogP contribution in [0.2, 0.25) is 0 Å². The number of fused-ring (bicyclic) bond motifs is 1. The average molecular weight is 334 g/mol. The lowest BCUT2D eigenvalue weighted by atomic mass is 10.0. The number of benzene rings is 1. The van der Waals surface area contributed by atoms with Gasteiger partial charge in [-0.25, -0.2) is 0 Å². The number of thiophene rings is 1. The molecule has 0 aliphatic rings. The third kappa shape index (κ3) is 2.86. The van der Waals surface area contributed by atoms with E-state index in [-0.39, 0.29) is 0 Å². The van der Waals surface area contributed by atoms with Crippen LogP contribution in [0.1, 0.15) is 17.2 Å². The van der Waals surface area contributed by atoms with Gasteiger partial charge in [0.2, 0.25) is 0 Å². The van der Waals surface area contributed by atoms with Crippen molar-refractivity contribution in [3.8, 4) is 0 Å². The zero-order chi connectivity index (χ0) is 13.2. The van der Waals surface area contributed by atoms with E-state index in [0.29, 0.717) is 6.42 Å². The first-order chi connectivity index (χ1) is 9.22. The number of pyridine rings is 1. The molecule has 0 radical (unpaired) electrons. The molecule has 1 N–H and O–H groups in total. The molecule has 0 saturated carbocycles. The van der Waals surface area contributed by atoms with E-state index in [1.807, 2.05) is 41.8 Å². The summed E-state index contributed by atoms with van der Waals surface area (Å²) >= 11 is 5.06. The minimum Gasteiger partial charge on any atom is -0.388 e. The van der Waals surface area contributed by atoms with Gasteiger partial charge in [-0.1, -0.05) is 28.1 Å². The van der Waals surface area contributed by atoms with Gasteiger partial charge in [-0.2, -0.15) is 0 Å². The van der Waals surface area contributed by atoms with Crippen molar-refractivity contribution in [2.75, 3.05) is 0 Å². The highest BCUT2D eigenvalue weighted by atomic mass is 79.9. The zero-order valence-corrected chi connectivity index (χ0v) is 12.5. The normalized spacial score (nSPS) is 12.7. The Hall–Kier alpha value is -1.23. The smallest absolute Gasteiger partial charge is 0.0845 e. The molecule has 1 aromatic carbocycles. The third-order valence-corrected chi connectivity index (χ3v) is 4.43. The van der Waals surface area contributed by atoms with Gasteiger partial charge in [-0.3, -0.25) is 4.98 Å². The predicted octanol–water partition coefficient (Wildman–Crippen LogP) is 4.33. The topological polar surface area (TPSA) is 33.1 Å². The summed E-state index contributed by atoms with van der Waals surface area (Å²) in [6.45, 7) is 0. The fourth-order valence-electron chi connectivity index (χ4n) is 2.01. The molecule has 0 aliphatic carbocycles. The Morgan fingerprint density at radius 2 is 2.00 bits per heavy atom. The number of aliphatic hydroxyl groups is 1. The number of aromatic nitrogens is 1. The molecule has 0 amide bonds. The van der Waals surface area contributed by atoms with Crippen molar-refractivity contribution in [3.05, 3.63) is 63.6 Å². The highest BCUT2D eigenvalue weighted by Gasteiger charge is 2.10. The third-order valence-electron chi connectivity index (χ3n) is 3.05. The average Bonchev–Trinajstić information content (AvgIpc) is 2.88. The maximum atomic E-state index is 10.3. The second-order valence-electron chi connectivity index (χ2n) is 4.42. The van der Waals surface area contributed by atoms with Crippen LogP contribution in [0.25, 0.3) is 10.2 Å². The zero-order valence-electron chi connectivity index (χ0n) is 10.1. The highest BCUT2D eigenvalue weighted by molar-refractivity contribution is 9.10. The van der Waals surface area contributed by atoms with Crippen LogP contribution in [0.4, 0.5) is 0 Å². The second-order valence-corrected chi connectivity index (χ2v) is 6.28. The molecular formula is C15H12BrNOS. The van der Waals surface area contributed by atoms with Crippen molar-refractivity contribution in [1.82, 2.24) is 4.98 Å². The Labute approximate surface area is 123 Å². The summed E-state index contributed by atoms with van der Waals surface area (Å²) in [5.74, 6) is 0. The number of rotatable bonds is 3. The van der Waals surface area contributed by atoms with Gasteiger partial charge >= 0.3 is 0 Å². The van der Waals surface area contributed by atoms with Crippen LogP contribution in [0, 0.1) is 0 Å². The van der Waals surface area contributed by atoms with E-state index in [1.165, 1.54) is 0 Å². The van der Waals surface area contributed by atoms with Crippen molar-refractivity contribution in [2.45, 2.75) is 12.5 Å². The van der Waals surface area contributed by atoms with Gasteiger partial charge < -0.3 is 5.11 Å². The number of hydrogen-bond donors (Lipinski definition) is 1. The first kappa shape index (κ1) is 12.8. The summed E-state index contributed by atoms with van der Waals surface area (Å²) in [5.41, 5.74) is 2.98. The molecule has 19 heavy (non-hydrogen) atoms. The summed E-state index contributed by atoms with van der Waals surface area (Å²) in [5, 5.41) is 12.3. The van der Waals surface area contributed by atoms with Crippen LogP contribution in [-0.2, 0) is 6.42 Å². The molecule has 2 heterocycles. The van der Waals surface area contributed by atoms with Gasteiger partial charge in [0.25, 0.3) is 0 Å². The fourth-order valence-corrected chi connectivity index (χ4v) is 3.06. The summed E-state index contributed by atoms with van der Waals surface area (Å²) < 4.78 is 2.17. The second kappa shape index (κ2) is 5.41. The molecule has 3 aromatic rings. The Balaban J connectivity index is 1.82. The van der Waals surface area contributed by atoms with E-state index in [1.54, 1.807) is 17.5 Å². The summed E-state index contributed by atoms with van der Waals surface area (Å²) in [4.78, 5) is 4.36. The van der Waals surface area contributed by atoms with Crippen molar-refractivity contribution < 1.29 is 5.11 Å². The minimum atomic E-state index is -0.514. The molecule has 3 rings (SSSR count). The van der Waals surface area contributed by atoms with Gasteiger partial charge in [0.15, 0.2) is 0 Å². The molecule has 1 unspecified atom stereocenters. The Morgan fingerprint density at radius 3 is 2.79 bits per heavy atom. The molecule has 2 nitrogen and oxygen atoms in total. The predicted molar refractivity (Wildman–Crippen MR) is 82.4 cm³/mol. The first-order valence-corrected chi connectivity index (χ1v) is 7.65. The van der Waals surface area contributed by atoms with E-state index >= 15 is 0 Å². The van der Waals surface area contributed by atoms with Crippen LogP contribution in [0.5, 0.6) is 0 Å². The largest absolute Gasteiger partial charge is 0.388 e. The Morgan fingerprint density at radius 1 is 1.21 bits per heavy atom. The Bertz CT molecular complexity index is 693. The van der Waals surface area contributed by atoms with Crippen molar-refractivity contribution in [2.24, 2.45) is 0 Å². The summed E-state index contributed by atoms with van der Waals surface area (Å²) in [6.07, 6.45) is 1.85. The lowest BCUT2D eigenvalue weighted by Gasteiger charge is -2.11. The van der Waals surface area contributed by atoms with Gasteiger partial charge in [0.1, 0.15) is 0 Å². The van der Waals surface area contributed by atoms with Crippen molar-refractivity contribution in [3.63, 3.8) is 0 Å². The lowest BCUT2D eigenvalue weighted by Crippen LogP contribution is -2.02. The molecule has 0 bridgehead atoms. The Kier molecular flexibility index (Phi) is 3.64. The standard InChI is InChI=1S/C15H12BrNOS/c16-12-3-1-10(2-4-12)7-14(18)11-8-15-13(17-9-11)5-6-19-15/h1-6,8-9,14,18H,7H2. The van der Waals surface area contributed by atoms with Gasteiger partial charge in [0.05, 0.1) is 16.3 Å². The first-order valence-electron chi connectivity index (χ1n) is 5.98. The summed E-state index contributed by atoms with van der Waals surface area (Å²) in [6, 6.07) is 12.0. The van der Waals surface area contributed by atoms with Crippen LogP contribution in [-0.4, -0.2) is 10.1 Å². The molecule has 2 aromatic heterocycles. The van der Waals surface area contributed by atoms with Gasteiger partial charge in [-0.05, 0) is 35.2 Å². The van der Waals surface area contributed by atoms with E-state index in [4.69, 9.17) is 0 Å². The quantitative estimate of drug-likeness (QED) is 0.773. The monoisotopic (exact) mass is 333 g/mol. The number of halogens is 1. The maximum absolute atomic E-state index is 10.3. The number of hydrogen-bond acceptors (Lipinski definition) is 3. The molecule has 0 aliphatic heterocycles. The lowest BCUT2D eigenvalue weighted by molar-refractivity contribution is 0.178. The van der Waals surface area contributed by atoms with Gasteiger partial charge in [0, 0.05) is 22.7 Å². The number of nitrogens with zero attached hydrogens (tertiary/aromatic N) is 1. The molecule has 0 fully saturated rings. The maximum Gasteiger partial charge on any atom is 0.0845 e. The molecule has 96 valence electrons. The van der Waals surface area contributed by atoms with Gasteiger partial charge in [-0.15, -0.1) is 11.3 Å². The SMILES string of the molecule is OC(Cc1ccc(Br)cc1)c1cnc2ccsc2c1. The van der Waals surface area contributed by atoms with Crippen LogP contribution < -0.4 is 0 Å². The van der Waals surface area contributed by atoms with E-state index < -0.39 is 6.10 Å². The van der Waals surface area contributed by atoms with Crippen LogP contribution in [0.3, 0.4) is 0 Å². The molecule has 0 spiro atoms. The van der Waals surface area contributed by atoms with E-state index in [2.05, 4.69) is 20.9 Å². The minimum absolute atomic E-state index is 0.514. The van der Waals surface area contributed by atoms with Crippen LogP contribution in [0.15, 0.2) is 52.4 Å². The fraction of sp³-hybridized carbons (Fsp3) is 0.133. The summed E-state index contributed by atoms with van der Waals surface area (Å²) in [7, 11) is 0. The van der Waals surface area contributed by atoms with Crippen molar-refractivity contribution >= 4 is 37.5 Å². The number of aliphatic hydroxyl groups excluding tert-OH is 1.